The second-order valence-corrected chi connectivity index (χ2v) is 8.28. The molecule has 0 bridgehead atoms. The molecule has 0 aliphatic carbocycles. The highest BCUT2D eigenvalue weighted by Gasteiger charge is 2.15. The third-order valence-electron chi connectivity index (χ3n) is 4.30. The zero-order valence-corrected chi connectivity index (χ0v) is 18.1. The minimum absolute atomic E-state index is 0. The molecule has 0 radical (unpaired) electrons. The van der Waals surface area contributed by atoms with Crippen LogP contribution in [0.1, 0.15) is 5.69 Å². The molecule has 3 aromatic heterocycles. The monoisotopic (exact) mass is 454 g/mol. The Morgan fingerprint density at radius 1 is 1.00 bits per heavy atom. The Hall–Kier alpha value is -3.14. The minimum Gasteiger partial charge on any atom is -0.291 e. The van der Waals surface area contributed by atoms with Crippen molar-refractivity contribution in [2.75, 3.05) is 0 Å². The average molecular weight is 455 g/mol. The quantitative estimate of drug-likeness (QED) is 0.335. The van der Waals surface area contributed by atoms with Gasteiger partial charge >= 0.3 is 5.56 Å². The van der Waals surface area contributed by atoms with Gasteiger partial charge in [0.25, 0.3) is 0 Å². The van der Waals surface area contributed by atoms with E-state index < -0.39 is 0 Å². The molecule has 0 saturated carbocycles. The van der Waals surface area contributed by atoms with Gasteiger partial charge in [-0.3, -0.25) is 9.89 Å². The zero-order valence-electron chi connectivity index (χ0n) is 15.6. The number of fused-ring (bicyclic) bond motifs is 1. The number of nitrogens with one attached hydrogen (secondary N) is 1. The van der Waals surface area contributed by atoms with Crippen LogP contribution in [-0.2, 0) is 0 Å². The third-order valence-corrected chi connectivity index (χ3v) is 6.25. The first kappa shape index (κ1) is 20.1. The van der Waals surface area contributed by atoms with Crippen molar-refractivity contribution < 1.29 is 0 Å². The second-order valence-electron chi connectivity index (χ2n) is 6.26. The second kappa shape index (κ2) is 8.31. The van der Waals surface area contributed by atoms with Crippen LogP contribution < -0.4 is 5.56 Å². The molecule has 5 rings (SSSR count). The lowest BCUT2D eigenvalue weighted by molar-refractivity contribution is 0.826. The highest BCUT2D eigenvalue weighted by atomic mass is 35.5. The van der Waals surface area contributed by atoms with E-state index in [1.165, 1.54) is 27.4 Å². The van der Waals surface area contributed by atoms with E-state index in [1.807, 2.05) is 54.6 Å². The maximum atomic E-state index is 12.9. The molecule has 5 aromatic rings. The number of aryl methyl sites for hydroxylation is 1. The van der Waals surface area contributed by atoms with Crippen LogP contribution in [-0.4, -0.2) is 19.7 Å². The number of aromatic amines is 1. The number of H-pyrrole nitrogens is 1. The van der Waals surface area contributed by atoms with Crippen LogP contribution in [0.3, 0.4) is 0 Å². The molecule has 0 spiro atoms. The molecule has 1 N–H and O–H groups in total. The van der Waals surface area contributed by atoms with Gasteiger partial charge in [-0.25, -0.2) is 9.97 Å². The molecule has 3 heterocycles. The smallest absolute Gasteiger partial charge is 0.291 e. The van der Waals surface area contributed by atoms with E-state index >= 15 is 0 Å². The molecule has 0 amide bonds. The molecule has 10 heteroatoms. The number of halogens is 1. The fourth-order valence-corrected chi connectivity index (χ4v) is 4.56. The van der Waals surface area contributed by atoms with E-state index in [0.29, 0.717) is 16.0 Å². The van der Waals surface area contributed by atoms with Crippen molar-refractivity contribution >= 4 is 56.1 Å². The number of aromatic nitrogens is 4. The van der Waals surface area contributed by atoms with Gasteiger partial charge in [0.1, 0.15) is 0 Å². The summed E-state index contributed by atoms with van der Waals surface area (Å²) in [6.07, 6.45) is 1.76. The predicted octanol–water partition coefficient (Wildman–Crippen LogP) is 6.04. The number of hydrogen-bond donors (Lipinski definition) is 1. The Labute approximate surface area is 185 Å². The Morgan fingerprint density at radius 2 is 1.77 bits per heavy atom. The van der Waals surface area contributed by atoms with E-state index in [4.69, 9.17) is 0 Å². The lowest BCUT2D eigenvalue weighted by Crippen LogP contribution is -2.13. The van der Waals surface area contributed by atoms with Crippen molar-refractivity contribution in [2.24, 2.45) is 10.2 Å². The van der Waals surface area contributed by atoms with Crippen LogP contribution in [0.4, 0.5) is 10.8 Å². The molecule has 0 fully saturated rings. The lowest BCUT2D eigenvalue weighted by Gasteiger charge is -1.95. The number of rotatable bonds is 4. The fourth-order valence-electron chi connectivity index (χ4n) is 2.89. The summed E-state index contributed by atoms with van der Waals surface area (Å²) >= 11 is 2.86. The van der Waals surface area contributed by atoms with Gasteiger partial charge in [0.15, 0.2) is 5.69 Å². The predicted molar refractivity (Wildman–Crippen MR) is 123 cm³/mol. The largest absolute Gasteiger partial charge is 0.301 e. The third kappa shape index (κ3) is 3.70. The number of para-hydroxylation sites is 1. The standard InChI is InChI=1S/C20H14N6OS2.ClH/c1-12-17(23-24-19-22-14-9-5-6-10-15(14)28-19)18(27)26(25-12)20-21-11-16(29-20)13-7-3-2-4-8-13;/h2-11,25H,1H3;1H. The van der Waals surface area contributed by atoms with Gasteiger partial charge in [-0.15, -0.1) is 22.6 Å². The number of benzene rings is 2. The summed E-state index contributed by atoms with van der Waals surface area (Å²) in [7, 11) is 0. The van der Waals surface area contributed by atoms with Crippen LogP contribution in [0.25, 0.3) is 25.8 Å². The Bertz CT molecular complexity index is 1370. The Morgan fingerprint density at radius 3 is 2.57 bits per heavy atom. The molecular formula is C20H15ClN6OS2. The van der Waals surface area contributed by atoms with E-state index in [2.05, 4.69) is 25.3 Å². The highest BCUT2D eigenvalue weighted by Crippen LogP contribution is 2.30. The fraction of sp³-hybridized carbons (Fsp3) is 0.0500. The van der Waals surface area contributed by atoms with Gasteiger partial charge < -0.3 is 0 Å². The molecular weight excluding hydrogens is 440 g/mol. The topological polar surface area (TPSA) is 88.3 Å². The normalized spacial score (nSPS) is 11.2. The first-order valence-electron chi connectivity index (χ1n) is 8.79. The minimum atomic E-state index is -0.290. The van der Waals surface area contributed by atoms with Gasteiger partial charge in [-0.1, -0.05) is 65.1 Å². The van der Waals surface area contributed by atoms with Crippen molar-refractivity contribution in [3.05, 3.63) is 76.8 Å². The summed E-state index contributed by atoms with van der Waals surface area (Å²) < 4.78 is 2.43. The summed E-state index contributed by atoms with van der Waals surface area (Å²) in [4.78, 5) is 22.7. The van der Waals surface area contributed by atoms with Crippen molar-refractivity contribution in [2.45, 2.75) is 6.92 Å². The van der Waals surface area contributed by atoms with Crippen molar-refractivity contribution in [3.63, 3.8) is 0 Å². The summed E-state index contributed by atoms with van der Waals surface area (Å²) in [6, 6.07) is 17.7. The summed E-state index contributed by atoms with van der Waals surface area (Å²) in [5, 5.41) is 12.4. The van der Waals surface area contributed by atoms with Crippen LogP contribution in [0, 0.1) is 6.92 Å². The average Bonchev–Trinajstić information content (AvgIpc) is 3.45. The van der Waals surface area contributed by atoms with Gasteiger partial charge in [0.2, 0.25) is 10.3 Å². The van der Waals surface area contributed by atoms with Crippen LogP contribution >= 0.6 is 35.1 Å². The van der Waals surface area contributed by atoms with Gasteiger partial charge in [-0.2, -0.15) is 4.68 Å². The first-order valence-corrected chi connectivity index (χ1v) is 10.4. The zero-order chi connectivity index (χ0) is 19.8. The molecule has 0 atom stereocenters. The maximum absolute atomic E-state index is 12.9. The molecule has 150 valence electrons. The van der Waals surface area contributed by atoms with Crippen molar-refractivity contribution in [3.8, 4) is 15.6 Å². The molecule has 0 unspecified atom stereocenters. The van der Waals surface area contributed by atoms with Gasteiger partial charge in [0, 0.05) is 6.20 Å². The van der Waals surface area contributed by atoms with Crippen molar-refractivity contribution in [1.82, 2.24) is 19.7 Å². The van der Waals surface area contributed by atoms with Crippen molar-refractivity contribution in [1.29, 1.82) is 0 Å². The van der Waals surface area contributed by atoms with Gasteiger partial charge in [0.05, 0.1) is 20.8 Å². The molecule has 0 saturated heterocycles. The maximum Gasteiger partial charge on any atom is 0.301 e. The van der Waals surface area contributed by atoms with E-state index in [-0.39, 0.29) is 23.7 Å². The first-order chi connectivity index (χ1) is 14.2. The Kier molecular flexibility index (Phi) is 5.58. The van der Waals surface area contributed by atoms with Gasteiger partial charge in [-0.05, 0) is 24.6 Å². The molecule has 0 aliphatic rings. The lowest BCUT2D eigenvalue weighted by atomic mass is 10.2. The highest BCUT2D eigenvalue weighted by molar-refractivity contribution is 7.21. The summed E-state index contributed by atoms with van der Waals surface area (Å²) in [6.45, 7) is 1.79. The van der Waals surface area contributed by atoms with E-state index in [0.717, 1.165) is 20.7 Å². The number of nitrogens with zero attached hydrogens (tertiary/aromatic N) is 5. The van der Waals surface area contributed by atoms with E-state index in [1.54, 1.807) is 13.1 Å². The Balaban J connectivity index is 0.00000218. The molecule has 0 aliphatic heterocycles. The SMILES string of the molecule is Cc1[nH]n(-c2ncc(-c3ccccc3)s2)c(=O)c1N=Nc1nc2ccccc2s1.Cl. The summed E-state index contributed by atoms with van der Waals surface area (Å²) in [5.41, 5.74) is 2.51. The van der Waals surface area contributed by atoms with Crippen LogP contribution in [0.15, 0.2) is 75.8 Å². The van der Waals surface area contributed by atoms with E-state index in [9.17, 15) is 4.79 Å². The number of hydrogen-bond acceptors (Lipinski definition) is 7. The van der Waals surface area contributed by atoms with Crippen LogP contribution in [0.2, 0.25) is 0 Å². The molecule has 7 nitrogen and oxygen atoms in total. The van der Waals surface area contributed by atoms with Crippen LogP contribution in [0.5, 0.6) is 0 Å². The number of thiazole rings is 2. The summed E-state index contributed by atoms with van der Waals surface area (Å²) in [5.74, 6) is 0. The molecule has 2 aromatic carbocycles. The molecule has 30 heavy (non-hydrogen) atoms. The number of azo groups is 1.